The maximum absolute atomic E-state index is 12.9. The Morgan fingerprint density at radius 3 is 2.53 bits per heavy atom. The smallest absolute Gasteiger partial charge is 0.255 e. The summed E-state index contributed by atoms with van der Waals surface area (Å²) in [5.74, 6) is 0.396. The summed E-state index contributed by atoms with van der Waals surface area (Å²) in [6.07, 6.45) is 9.90. The lowest BCUT2D eigenvalue weighted by molar-refractivity contribution is -0.135. The highest BCUT2D eigenvalue weighted by molar-refractivity contribution is 6.31. The first-order valence-corrected chi connectivity index (χ1v) is 11.8. The summed E-state index contributed by atoms with van der Waals surface area (Å²) in [7, 11) is 0. The number of piperidine rings is 1. The number of rotatable bonds is 4. The Balaban J connectivity index is 1.50. The second-order valence-electron chi connectivity index (χ2n) is 8.94. The van der Waals surface area contributed by atoms with Crippen LogP contribution in [0.15, 0.2) is 36.0 Å². The van der Waals surface area contributed by atoms with Crippen molar-refractivity contribution in [2.24, 2.45) is 5.92 Å². The molecule has 2 fully saturated rings. The molecule has 6 heteroatoms. The molecular formula is C26H30ClN3O2. The molecule has 0 radical (unpaired) electrons. The quantitative estimate of drug-likeness (QED) is 0.638. The zero-order valence-electron chi connectivity index (χ0n) is 18.8. The van der Waals surface area contributed by atoms with Gasteiger partial charge in [0, 0.05) is 41.5 Å². The van der Waals surface area contributed by atoms with Gasteiger partial charge in [-0.1, -0.05) is 36.1 Å². The Morgan fingerprint density at radius 2 is 1.84 bits per heavy atom. The Bertz CT molecular complexity index is 1050. The van der Waals surface area contributed by atoms with Crippen LogP contribution in [0, 0.1) is 19.8 Å². The molecule has 2 aliphatic rings. The normalized spacial score (nSPS) is 16.8. The molecule has 1 N–H and O–H groups in total. The predicted octanol–water partition coefficient (Wildman–Crippen LogP) is 5.80. The first-order valence-electron chi connectivity index (χ1n) is 11.4. The van der Waals surface area contributed by atoms with Crippen molar-refractivity contribution < 1.29 is 9.59 Å². The number of nitrogens with zero attached hydrogens (tertiary/aromatic N) is 2. The molecule has 1 aliphatic carbocycles. The number of likely N-dealkylation sites (tertiary alicyclic amines) is 1. The van der Waals surface area contributed by atoms with E-state index in [4.69, 9.17) is 11.6 Å². The summed E-state index contributed by atoms with van der Waals surface area (Å²) in [5, 5.41) is 3.71. The fraction of sp³-hybridized carbons (Fsp3) is 0.423. The van der Waals surface area contributed by atoms with Gasteiger partial charge < -0.3 is 10.2 Å². The van der Waals surface area contributed by atoms with Gasteiger partial charge in [-0.15, -0.1) is 0 Å². The van der Waals surface area contributed by atoms with Gasteiger partial charge in [-0.25, -0.2) is 0 Å². The summed E-state index contributed by atoms with van der Waals surface area (Å²) in [5.41, 5.74) is 5.23. The minimum absolute atomic E-state index is 0.169. The molecular weight excluding hydrogens is 422 g/mol. The standard InChI is InChI=1S/C26H30ClN3O2/c1-17-13-23(27)16-22(24(17)29-25(31)21-7-10-28-18(2)14-21)15-19-8-11-30(12-9-19)26(32)20-5-3-4-6-20/h7,10,13-16,20H,3-6,8-9,11-12H2,1-2H3,(H,29,31). The molecule has 1 saturated heterocycles. The summed E-state index contributed by atoms with van der Waals surface area (Å²) in [6, 6.07) is 7.24. The van der Waals surface area contributed by atoms with Crippen LogP contribution >= 0.6 is 11.6 Å². The summed E-state index contributed by atoms with van der Waals surface area (Å²) in [6.45, 7) is 5.34. The lowest BCUT2D eigenvalue weighted by Crippen LogP contribution is -2.39. The molecule has 2 heterocycles. The van der Waals surface area contributed by atoms with Crippen molar-refractivity contribution in [2.45, 2.75) is 52.4 Å². The lowest BCUT2D eigenvalue weighted by atomic mass is 9.97. The van der Waals surface area contributed by atoms with Crippen molar-refractivity contribution in [3.8, 4) is 0 Å². The molecule has 1 aromatic heterocycles. The number of aromatic nitrogens is 1. The number of hydrogen-bond acceptors (Lipinski definition) is 3. The third-order valence-electron chi connectivity index (χ3n) is 6.51. The maximum Gasteiger partial charge on any atom is 0.255 e. The molecule has 0 bridgehead atoms. The molecule has 2 amide bonds. The van der Waals surface area contributed by atoms with Crippen molar-refractivity contribution in [1.29, 1.82) is 0 Å². The Labute approximate surface area is 194 Å². The molecule has 1 aliphatic heterocycles. The van der Waals surface area contributed by atoms with Crippen molar-refractivity contribution in [3.63, 3.8) is 0 Å². The van der Waals surface area contributed by atoms with Gasteiger partial charge in [-0.3, -0.25) is 14.6 Å². The Morgan fingerprint density at radius 1 is 1.12 bits per heavy atom. The van der Waals surface area contributed by atoms with Gasteiger partial charge in [-0.2, -0.15) is 0 Å². The third kappa shape index (κ3) is 5.21. The van der Waals surface area contributed by atoms with E-state index in [1.807, 2.05) is 30.9 Å². The number of hydrogen-bond donors (Lipinski definition) is 1. The van der Waals surface area contributed by atoms with E-state index in [1.54, 1.807) is 18.3 Å². The van der Waals surface area contributed by atoms with Crippen molar-refractivity contribution in [2.75, 3.05) is 18.4 Å². The van der Waals surface area contributed by atoms with E-state index in [9.17, 15) is 9.59 Å². The second-order valence-corrected chi connectivity index (χ2v) is 9.37. The molecule has 5 nitrogen and oxygen atoms in total. The van der Waals surface area contributed by atoms with Crippen LogP contribution in [0.2, 0.25) is 5.02 Å². The predicted molar refractivity (Wildman–Crippen MR) is 129 cm³/mol. The van der Waals surface area contributed by atoms with E-state index in [1.165, 1.54) is 18.4 Å². The SMILES string of the molecule is Cc1cc(C(=O)Nc2c(C)cc(Cl)cc2C=C2CCN(C(=O)C3CCCC3)CC2)ccn1. The fourth-order valence-corrected chi connectivity index (χ4v) is 5.02. The first-order chi connectivity index (χ1) is 15.4. The summed E-state index contributed by atoms with van der Waals surface area (Å²) in [4.78, 5) is 31.8. The minimum Gasteiger partial charge on any atom is -0.342 e. The zero-order valence-corrected chi connectivity index (χ0v) is 19.5. The highest BCUT2D eigenvalue weighted by atomic mass is 35.5. The molecule has 32 heavy (non-hydrogen) atoms. The molecule has 4 rings (SSSR count). The lowest BCUT2D eigenvalue weighted by Gasteiger charge is -2.30. The molecule has 2 aromatic rings. The molecule has 0 spiro atoms. The number of anilines is 1. The largest absolute Gasteiger partial charge is 0.342 e. The highest BCUT2D eigenvalue weighted by Crippen LogP contribution is 2.32. The topological polar surface area (TPSA) is 62.3 Å². The van der Waals surface area contributed by atoms with E-state index in [-0.39, 0.29) is 11.8 Å². The minimum atomic E-state index is -0.169. The van der Waals surface area contributed by atoms with E-state index >= 15 is 0 Å². The number of carbonyl (C=O) groups is 2. The van der Waals surface area contributed by atoms with Gasteiger partial charge in [0.05, 0.1) is 5.69 Å². The molecule has 0 atom stereocenters. The van der Waals surface area contributed by atoms with Crippen LogP contribution in [-0.2, 0) is 4.79 Å². The van der Waals surface area contributed by atoms with E-state index < -0.39 is 0 Å². The molecule has 168 valence electrons. The Kier molecular flexibility index (Phi) is 6.95. The monoisotopic (exact) mass is 451 g/mol. The third-order valence-corrected chi connectivity index (χ3v) is 6.73. The van der Waals surface area contributed by atoms with Gasteiger partial charge >= 0.3 is 0 Å². The number of aryl methyl sites for hydroxylation is 2. The van der Waals surface area contributed by atoms with Crippen molar-refractivity contribution in [3.05, 3.63) is 63.4 Å². The molecule has 1 aromatic carbocycles. The molecule has 0 unspecified atom stereocenters. The van der Waals surface area contributed by atoms with E-state index in [2.05, 4.69) is 16.4 Å². The summed E-state index contributed by atoms with van der Waals surface area (Å²) >= 11 is 6.35. The van der Waals surface area contributed by atoms with Crippen molar-refractivity contribution >= 4 is 35.2 Å². The van der Waals surface area contributed by atoms with Crippen LogP contribution in [0.3, 0.4) is 0 Å². The van der Waals surface area contributed by atoms with Gasteiger partial charge in [0.1, 0.15) is 0 Å². The fourth-order valence-electron chi connectivity index (χ4n) is 4.74. The second kappa shape index (κ2) is 9.86. The molecule has 1 saturated carbocycles. The van der Waals surface area contributed by atoms with Crippen LogP contribution in [-0.4, -0.2) is 34.8 Å². The van der Waals surface area contributed by atoms with Gasteiger partial charge in [-0.05, 0) is 74.9 Å². The number of halogens is 1. The maximum atomic E-state index is 12.9. The van der Waals surface area contributed by atoms with E-state index in [0.29, 0.717) is 16.5 Å². The van der Waals surface area contributed by atoms with Crippen LogP contribution in [0.4, 0.5) is 5.69 Å². The van der Waals surface area contributed by atoms with Gasteiger partial charge in [0.25, 0.3) is 5.91 Å². The number of nitrogens with one attached hydrogen (secondary N) is 1. The zero-order chi connectivity index (χ0) is 22.7. The highest BCUT2D eigenvalue weighted by Gasteiger charge is 2.28. The average molecular weight is 452 g/mol. The van der Waals surface area contributed by atoms with E-state index in [0.717, 1.165) is 61.3 Å². The Hall–Kier alpha value is -2.66. The van der Waals surface area contributed by atoms with Crippen LogP contribution in [0.1, 0.15) is 65.7 Å². The van der Waals surface area contributed by atoms with Crippen molar-refractivity contribution in [1.82, 2.24) is 9.88 Å². The van der Waals surface area contributed by atoms with Crippen LogP contribution in [0.5, 0.6) is 0 Å². The number of carbonyl (C=O) groups excluding carboxylic acids is 2. The van der Waals surface area contributed by atoms with Crippen LogP contribution in [0.25, 0.3) is 6.08 Å². The number of benzene rings is 1. The average Bonchev–Trinajstić information content (AvgIpc) is 3.31. The summed E-state index contributed by atoms with van der Waals surface area (Å²) < 4.78 is 0. The number of pyridine rings is 1. The van der Waals surface area contributed by atoms with Gasteiger partial charge in [0.15, 0.2) is 0 Å². The van der Waals surface area contributed by atoms with Gasteiger partial charge in [0.2, 0.25) is 5.91 Å². The van der Waals surface area contributed by atoms with Crippen LogP contribution < -0.4 is 5.32 Å². The number of amides is 2. The first kappa shape index (κ1) is 22.5.